The Hall–Kier alpha value is -3.42. The molecule has 0 heterocycles. The zero-order valence-electron chi connectivity index (χ0n) is 14.6. The fraction of sp³-hybridized carbons (Fsp3) is 0.222. The van der Waals surface area contributed by atoms with Crippen LogP contribution in [0.1, 0.15) is 26.3 Å². The summed E-state index contributed by atoms with van der Waals surface area (Å²) in [7, 11) is 4.28. The third-order valence-corrected chi connectivity index (χ3v) is 3.70. The zero-order chi connectivity index (χ0) is 19.3. The summed E-state index contributed by atoms with van der Waals surface area (Å²) in [5.74, 6) is -0.549. The molecule has 0 atom stereocenters. The van der Waals surface area contributed by atoms with Gasteiger partial charge in [-0.1, -0.05) is 12.1 Å². The second-order valence-electron chi connectivity index (χ2n) is 5.53. The minimum absolute atomic E-state index is 0.0324. The monoisotopic (exact) mass is 358 g/mol. The highest BCUT2D eigenvalue weighted by atomic mass is 16.6. The molecule has 8 heteroatoms. The fourth-order valence-corrected chi connectivity index (χ4v) is 2.41. The second kappa shape index (κ2) is 8.11. The van der Waals surface area contributed by atoms with Crippen LogP contribution in [0.5, 0.6) is 5.75 Å². The van der Waals surface area contributed by atoms with Gasteiger partial charge in [0.15, 0.2) is 0 Å². The Kier molecular flexibility index (Phi) is 5.90. The van der Waals surface area contributed by atoms with Crippen molar-refractivity contribution in [2.75, 3.05) is 21.3 Å². The minimum Gasteiger partial charge on any atom is -0.497 e. The lowest BCUT2D eigenvalue weighted by Gasteiger charge is -2.18. The summed E-state index contributed by atoms with van der Waals surface area (Å²) in [6.45, 7) is 0.270. The average Bonchev–Trinajstić information content (AvgIpc) is 2.66. The predicted octanol–water partition coefficient (Wildman–Crippen LogP) is 2.66. The Balaban J connectivity index is 2.30. The summed E-state index contributed by atoms with van der Waals surface area (Å²) >= 11 is 0. The standard InChI is InChI=1S/C18H18N2O6/c1-19(11-12-5-4-6-16(7-12)25-2)17(21)13-8-14(18(22)26-3)10-15(9-13)20(23)24/h4-10H,11H2,1-3H3. The van der Waals surface area contributed by atoms with Crippen molar-refractivity contribution in [3.05, 3.63) is 69.3 Å². The van der Waals surface area contributed by atoms with Crippen molar-refractivity contribution < 1.29 is 24.0 Å². The highest BCUT2D eigenvalue weighted by molar-refractivity contribution is 5.98. The third-order valence-electron chi connectivity index (χ3n) is 3.70. The summed E-state index contributed by atoms with van der Waals surface area (Å²) < 4.78 is 9.74. The van der Waals surface area contributed by atoms with Crippen LogP contribution in [0.25, 0.3) is 0 Å². The van der Waals surface area contributed by atoms with Crippen molar-refractivity contribution in [1.29, 1.82) is 0 Å². The van der Waals surface area contributed by atoms with E-state index in [0.717, 1.165) is 24.8 Å². The van der Waals surface area contributed by atoms with Crippen molar-refractivity contribution in [2.45, 2.75) is 6.54 Å². The number of carbonyl (C=O) groups is 2. The molecule has 0 aliphatic rings. The van der Waals surface area contributed by atoms with Gasteiger partial charge in [0.1, 0.15) is 5.75 Å². The van der Waals surface area contributed by atoms with Crippen molar-refractivity contribution >= 4 is 17.6 Å². The van der Waals surface area contributed by atoms with E-state index in [1.807, 2.05) is 6.07 Å². The molecule has 136 valence electrons. The molecule has 0 fully saturated rings. The highest BCUT2D eigenvalue weighted by Gasteiger charge is 2.20. The van der Waals surface area contributed by atoms with Crippen LogP contribution in [0.4, 0.5) is 5.69 Å². The molecule has 0 saturated carbocycles. The summed E-state index contributed by atoms with van der Waals surface area (Å²) in [5.41, 5.74) is 0.453. The predicted molar refractivity (Wildman–Crippen MR) is 93.2 cm³/mol. The summed E-state index contributed by atoms with van der Waals surface area (Å²) in [6.07, 6.45) is 0. The molecule has 0 bridgehead atoms. The quantitative estimate of drug-likeness (QED) is 0.447. The molecule has 1 amide bonds. The number of hydrogen-bond acceptors (Lipinski definition) is 6. The topological polar surface area (TPSA) is 99.0 Å². The molecule has 0 radical (unpaired) electrons. The van der Waals surface area contributed by atoms with Crippen LogP contribution in [0, 0.1) is 10.1 Å². The first-order valence-electron chi connectivity index (χ1n) is 7.62. The van der Waals surface area contributed by atoms with Gasteiger partial charge >= 0.3 is 5.97 Å². The van der Waals surface area contributed by atoms with E-state index in [4.69, 9.17) is 4.74 Å². The third kappa shape index (κ3) is 4.35. The maximum Gasteiger partial charge on any atom is 0.338 e. The number of ether oxygens (including phenoxy) is 2. The summed E-state index contributed by atoms with van der Waals surface area (Å²) in [4.78, 5) is 36.2. The van der Waals surface area contributed by atoms with Gasteiger partial charge in [-0.3, -0.25) is 14.9 Å². The molecule has 2 rings (SSSR count). The van der Waals surface area contributed by atoms with Gasteiger partial charge in [-0.05, 0) is 23.8 Å². The van der Waals surface area contributed by atoms with E-state index >= 15 is 0 Å². The molecule has 0 aliphatic carbocycles. The number of rotatable bonds is 6. The molecule has 0 aliphatic heterocycles. The van der Waals surface area contributed by atoms with Crippen molar-refractivity contribution in [3.8, 4) is 5.75 Å². The Morgan fingerprint density at radius 2 is 1.81 bits per heavy atom. The van der Waals surface area contributed by atoms with Crippen LogP contribution in [0.2, 0.25) is 0 Å². The van der Waals surface area contributed by atoms with Gasteiger partial charge in [0.25, 0.3) is 11.6 Å². The number of hydrogen-bond donors (Lipinski definition) is 0. The maximum atomic E-state index is 12.7. The number of methoxy groups -OCH3 is 2. The van der Waals surface area contributed by atoms with Crippen LogP contribution < -0.4 is 4.74 Å². The number of carbonyl (C=O) groups excluding carboxylic acids is 2. The van der Waals surface area contributed by atoms with E-state index in [2.05, 4.69) is 4.74 Å². The lowest BCUT2D eigenvalue weighted by atomic mass is 10.1. The van der Waals surface area contributed by atoms with Gasteiger partial charge in [-0.2, -0.15) is 0 Å². The zero-order valence-corrected chi connectivity index (χ0v) is 14.6. The number of benzene rings is 2. The smallest absolute Gasteiger partial charge is 0.338 e. The molecule has 2 aromatic rings. The van der Waals surface area contributed by atoms with Crippen LogP contribution in [-0.2, 0) is 11.3 Å². The molecule has 2 aromatic carbocycles. The number of nitro benzene ring substituents is 1. The van der Waals surface area contributed by atoms with E-state index < -0.39 is 16.8 Å². The fourth-order valence-electron chi connectivity index (χ4n) is 2.41. The number of nitro groups is 1. The molecule has 8 nitrogen and oxygen atoms in total. The van der Waals surface area contributed by atoms with Crippen LogP contribution in [0.15, 0.2) is 42.5 Å². The van der Waals surface area contributed by atoms with Crippen LogP contribution >= 0.6 is 0 Å². The Morgan fingerprint density at radius 3 is 2.42 bits per heavy atom. The molecule has 0 aromatic heterocycles. The molecule has 0 N–H and O–H groups in total. The molecule has 0 spiro atoms. The van der Waals surface area contributed by atoms with Crippen LogP contribution in [0.3, 0.4) is 0 Å². The van der Waals surface area contributed by atoms with Crippen molar-refractivity contribution in [3.63, 3.8) is 0 Å². The number of nitrogens with zero attached hydrogens (tertiary/aromatic N) is 2. The molecule has 0 saturated heterocycles. The SMILES string of the molecule is COC(=O)c1cc(C(=O)N(C)Cc2cccc(OC)c2)cc([N+](=O)[O-])c1. The lowest BCUT2D eigenvalue weighted by Crippen LogP contribution is -2.26. The highest BCUT2D eigenvalue weighted by Crippen LogP contribution is 2.20. The van der Waals surface area contributed by atoms with E-state index in [1.165, 1.54) is 11.0 Å². The lowest BCUT2D eigenvalue weighted by molar-refractivity contribution is -0.384. The molecule has 0 unspecified atom stereocenters. The molecular weight excluding hydrogens is 340 g/mol. The Labute approximate surface area is 150 Å². The van der Waals surface area contributed by atoms with Gasteiger partial charge in [0, 0.05) is 31.3 Å². The Bertz CT molecular complexity index is 849. The second-order valence-corrected chi connectivity index (χ2v) is 5.53. The number of non-ortho nitro benzene ring substituents is 1. The van der Waals surface area contributed by atoms with E-state index in [9.17, 15) is 19.7 Å². The van der Waals surface area contributed by atoms with E-state index in [-0.39, 0.29) is 23.4 Å². The molecular formula is C18H18N2O6. The largest absolute Gasteiger partial charge is 0.497 e. The van der Waals surface area contributed by atoms with Gasteiger partial charge < -0.3 is 14.4 Å². The van der Waals surface area contributed by atoms with E-state index in [0.29, 0.717) is 5.75 Å². The Morgan fingerprint density at radius 1 is 1.12 bits per heavy atom. The van der Waals surface area contributed by atoms with Gasteiger partial charge in [0.2, 0.25) is 0 Å². The van der Waals surface area contributed by atoms with Crippen molar-refractivity contribution in [1.82, 2.24) is 4.90 Å². The van der Waals surface area contributed by atoms with Gasteiger partial charge in [-0.15, -0.1) is 0 Å². The maximum absolute atomic E-state index is 12.7. The summed E-state index contributed by atoms with van der Waals surface area (Å²) in [5, 5.41) is 11.1. The van der Waals surface area contributed by atoms with E-state index in [1.54, 1.807) is 32.4 Å². The first-order valence-corrected chi connectivity index (χ1v) is 7.62. The molecule has 26 heavy (non-hydrogen) atoms. The average molecular weight is 358 g/mol. The first kappa shape index (κ1) is 18.9. The minimum atomic E-state index is -0.752. The van der Waals surface area contributed by atoms with Crippen molar-refractivity contribution in [2.24, 2.45) is 0 Å². The number of esters is 1. The van der Waals surface area contributed by atoms with Gasteiger partial charge in [0.05, 0.1) is 24.7 Å². The van der Waals surface area contributed by atoms with Crippen LogP contribution in [-0.4, -0.2) is 43.0 Å². The summed E-state index contributed by atoms with van der Waals surface area (Å²) in [6, 6.07) is 10.7. The first-order chi connectivity index (χ1) is 12.3. The number of amides is 1. The normalized spacial score (nSPS) is 10.1. The van der Waals surface area contributed by atoms with Gasteiger partial charge in [-0.25, -0.2) is 4.79 Å².